The lowest BCUT2D eigenvalue weighted by Crippen LogP contribution is -2.12. The number of benzene rings is 1. The van der Waals surface area contributed by atoms with Crippen LogP contribution in [0.1, 0.15) is 25.2 Å². The van der Waals surface area contributed by atoms with Gasteiger partial charge >= 0.3 is 0 Å². The number of ketones is 1. The molecule has 1 aromatic carbocycles. The predicted octanol–water partition coefficient (Wildman–Crippen LogP) is 3.23. The Hall–Kier alpha value is -1.64. The van der Waals surface area contributed by atoms with Crippen LogP contribution in [0, 0.1) is 29.6 Å². The normalized spacial score (nSPS) is 37.3. The molecule has 3 aliphatic carbocycles. The maximum absolute atomic E-state index is 12.5. The number of aromatic nitrogens is 1. The van der Waals surface area contributed by atoms with E-state index in [9.17, 15) is 4.79 Å². The summed E-state index contributed by atoms with van der Waals surface area (Å²) < 4.78 is 5.68. The van der Waals surface area contributed by atoms with E-state index in [1.165, 1.54) is 19.3 Å². The van der Waals surface area contributed by atoms with Crippen molar-refractivity contribution in [3.05, 3.63) is 30.2 Å². The molecular formula is C17H17NO2. The fourth-order valence-electron chi connectivity index (χ4n) is 5.02. The minimum atomic E-state index is 0.330. The van der Waals surface area contributed by atoms with Crippen LogP contribution in [0.15, 0.2) is 28.7 Å². The first kappa shape index (κ1) is 11.1. The van der Waals surface area contributed by atoms with Crippen LogP contribution in [0.3, 0.4) is 0 Å². The summed E-state index contributed by atoms with van der Waals surface area (Å²) >= 11 is 0. The first-order valence-corrected chi connectivity index (χ1v) is 7.68. The number of para-hydroxylation sites is 2. The van der Waals surface area contributed by atoms with E-state index in [0.29, 0.717) is 35.8 Å². The SMILES string of the molecule is O=C(Cc1nc2ccccc2o1)C1C2C3CCC(C3)C12. The second-order valence-electron chi connectivity index (χ2n) is 6.73. The number of carbonyl (C=O) groups is 1. The zero-order chi connectivity index (χ0) is 13.3. The predicted molar refractivity (Wildman–Crippen MR) is 74.0 cm³/mol. The van der Waals surface area contributed by atoms with Crippen molar-refractivity contribution in [3.63, 3.8) is 0 Å². The van der Waals surface area contributed by atoms with E-state index in [4.69, 9.17) is 4.42 Å². The standard InChI is InChI=1S/C17H17NO2/c19-12(17-15-9-5-6-10(7-9)16(15)17)8-14-18-11-3-1-2-4-13(11)20-14/h1-4,9-10,15-17H,5-8H2. The number of fused-ring (bicyclic) bond motifs is 6. The number of Topliss-reactive ketones (excluding diaryl/α,β-unsaturated/α-hetero) is 1. The van der Waals surface area contributed by atoms with Crippen LogP contribution in [0.4, 0.5) is 0 Å². The van der Waals surface area contributed by atoms with E-state index >= 15 is 0 Å². The summed E-state index contributed by atoms with van der Waals surface area (Å²) in [6.07, 6.45) is 4.49. The fraction of sp³-hybridized carbons (Fsp3) is 0.529. The van der Waals surface area contributed by atoms with Gasteiger partial charge in [-0.2, -0.15) is 0 Å². The van der Waals surface area contributed by atoms with Gasteiger partial charge in [-0.15, -0.1) is 0 Å². The molecule has 102 valence electrons. The van der Waals surface area contributed by atoms with Crippen LogP contribution < -0.4 is 0 Å². The maximum Gasteiger partial charge on any atom is 0.202 e. The highest BCUT2D eigenvalue weighted by Gasteiger charge is 2.66. The summed E-state index contributed by atoms with van der Waals surface area (Å²) in [7, 11) is 0. The number of carbonyl (C=O) groups excluding carboxylic acids is 1. The van der Waals surface area contributed by atoms with Gasteiger partial charge in [-0.1, -0.05) is 12.1 Å². The molecule has 3 heteroatoms. The average Bonchev–Trinajstić information content (AvgIpc) is 2.78. The van der Waals surface area contributed by atoms with E-state index in [0.717, 1.165) is 22.9 Å². The van der Waals surface area contributed by atoms with Crippen molar-refractivity contribution < 1.29 is 9.21 Å². The second kappa shape index (κ2) is 3.72. The molecule has 0 aliphatic heterocycles. The van der Waals surface area contributed by atoms with Crippen LogP contribution in [0.5, 0.6) is 0 Å². The summed E-state index contributed by atoms with van der Waals surface area (Å²) in [6, 6.07) is 7.71. The topological polar surface area (TPSA) is 43.1 Å². The van der Waals surface area contributed by atoms with Crippen molar-refractivity contribution in [1.82, 2.24) is 4.98 Å². The number of nitrogens with zero attached hydrogens (tertiary/aromatic N) is 1. The molecule has 0 radical (unpaired) electrons. The first-order chi connectivity index (χ1) is 9.81. The quantitative estimate of drug-likeness (QED) is 0.857. The molecule has 4 atom stereocenters. The van der Waals surface area contributed by atoms with Crippen molar-refractivity contribution in [2.24, 2.45) is 29.6 Å². The number of hydrogen-bond donors (Lipinski definition) is 0. The number of oxazole rings is 1. The Morgan fingerprint density at radius 1 is 1.20 bits per heavy atom. The lowest BCUT2D eigenvalue weighted by Gasteiger charge is -2.06. The van der Waals surface area contributed by atoms with Crippen LogP contribution in [-0.2, 0) is 11.2 Å². The number of hydrogen-bond acceptors (Lipinski definition) is 3. The molecule has 2 aromatic rings. The highest BCUT2D eigenvalue weighted by molar-refractivity contribution is 5.86. The van der Waals surface area contributed by atoms with Gasteiger partial charge in [0.2, 0.25) is 5.89 Å². The summed E-state index contributed by atoms with van der Waals surface area (Å²) in [5, 5.41) is 0. The zero-order valence-corrected chi connectivity index (χ0v) is 11.3. The third kappa shape index (κ3) is 1.41. The second-order valence-corrected chi connectivity index (χ2v) is 6.73. The van der Waals surface area contributed by atoms with Gasteiger partial charge in [-0.05, 0) is 55.1 Å². The van der Waals surface area contributed by atoms with Gasteiger partial charge in [0.05, 0.1) is 6.42 Å². The van der Waals surface area contributed by atoms with Gasteiger partial charge in [-0.3, -0.25) is 4.79 Å². The molecule has 0 N–H and O–H groups in total. The fourth-order valence-corrected chi connectivity index (χ4v) is 5.02. The van der Waals surface area contributed by atoms with Crippen molar-refractivity contribution >= 4 is 16.9 Å². The molecule has 3 nitrogen and oxygen atoms in total. The molecule has 2 bridgehead atoms. The Morgan fingerprint density at radius 2 is 1.95 bits per heavy atom. The van der Waals surface area contributed by atoms with E-state index in [1.807, 2.05) is 24.3 Å². The Bertz CT molecular complexity index is 655. The largest absolute Gasteiger partial charge is 0.440 e. The third-order valence-electron chi connectivity index (χ3n) is 5.77. The molecule has 0 spiro atoms. The highest BCUT2D eigenvalue weighted by atomic mass is 16.3. The zero-order valence-electron chi connectivity index (χ0n) is 11.3. The minimum Gasteiger partial charge on any atom is -0.440 e. The molecule has 1 aromatic heterocycles. The lowest BCUT2D eigenvalue weighted by atomic mass is 9.98. The molecule has 3 aliphatic rings. The van der Waals surface area contributed by atoms with Gasteiger partial charge < -0.3 is 4.42 Å². The smallest absolute Gasteiger partial charge is 0.202 e. The van der Waals surface area contributed by atoms with Crippen LogP contribution in [0.25, 0.3) is 11.1 Å². The van der Waals surface area contributed by atoms with Crippen LogP contribution >= 0.6 is 0 Å². The molecule has 3 fully saturated rings. The van der Waals surface area contributed by atoms with Crippen molar-refractivity contribution in [3.8, 4) is 0 Å². The molecule has 1 heterocycles. The van der Waals surface area contributed by atoms with Gasteiger partial charge in [-0.25, -0.2) is 4.98 Å². The summed E-state index contributed by atoms with van der Waals surface area (Å²) in [4.78, 5) is 16.9. The summed E-state index contributed by atoms with van der Waals surface area (Å²) in [6.45, 7) is 0. The molecule has 20 heavy (non-hydrogen) atoms. The number of rotatable bonds is 3. The third-order valence-corrected chi connectivity index (χ3v) is 5.77. The average molecular weight is 267 g/mol. The minimum absolute atomic E-state index is 0.330. The molecule has 0 amide bonds. The summed E-state index contributed by atoms with van der Waals surface area (Å²) in [5.74, 6) is 4.41. The van der Waals surface area contributed by atoms with E-state index in [1.54, 1.807) is 0 Å². The van der Waals surface area contributed by atoms with Gasteiger partial charge in [0.15, 0.2) is 5.58 Å². The summed E-state index contributed by atoms with van der Waals surface area (Å²) in [5.41, 5.74) is 1.64. The van der Waals surface area contributed by atoms with Gasteiger partial charge in [0, 0.05) is 5.92 Å². The van der Waals surface area contributed by atoms with E-state index in [-0.39, 0.29) is 0 Å². The highest BCUT2D eigenvalue weighted by Crippen LogP contribution is 2.69. The Morgan fingerprint density at radius 3 is 2.70 bits per heavy atom. The van der Waals surface area contributed by atoms with Crippen molar-refractivity contribution in [1.29, 1.82) is 0 Å². The Labute approximate surface area is 117 Å². The first-order valence-electron chi connectivity index (χ1n) is 7.68. The van der Waals surface area contributed by atoms with Gasteiger partial charge in [0.25, 0.3) is 0 Å². The Kier molecular flexibility index (Phi) is 2.06. The maximum atomic E-state index is 12.5. The monoisotopic (exact) mass is 267 g/mol. The molecule has 4 unspecified atom stereocenters. The molecule has 5 rings (SSSR count). The molecule has 3 saturated carbocycles. The van der Waals surface area contributed by atoms with Gasteiger partial charge in [0.1, 0.15) is 11.3 Å². The van der Waals surface area contributed by atoms with Crippen molar-refractivity contribution in [2.45, 2.75) is 25.7 Å². The van der Waals surface area contributed by atoms with E-state index in [2.05, 4.69) is 4.98 Å². The molecular weight excluding hydrogens is 250 g/mol. The Balaban J connectivity index is 1.36. The lowest BCUT2D eigenvalue weighted by molar-refractivity contribution is -0.120. The van der Waals surface area contributed by atoms with E-state index < -0.39 is 0 Å². The van der Waals surface area contributed by atoms with Crippen LogP contribution in [0.2, 0.25) is 0 Å². The molecule has 0 saturated heterocycles. The van der Waals surface area contributed by atoms with Crippen LogP contribution in [-0.4, -0.2) is 10.8 Å². The van der Waals surface area contributed by atoms with Crippen molar-refractivity contribution in [2.75, 3.05) is 0 Å².